The van der Waals surface area contributed by atoms with E-state index < -0.39 is 11.5 Å². The lowest BCUT2D eigenvalue weighted by Gasteiger charge is -2.30. The molecule has 6 nitrogen and oxygen atoms in total. The highest BCUT2D eigenvalue weighted by atomic mass is 16.5. The van der Waals surface area contributed by atoms with E-state index >= 15 is 0 Å². The van der Waals surface area contributed by atoms with E-state index in [-0.39, 0.29) is 17.9 Å². The minimum absolute atomic E-state index is 0.0235. The molecule has 0 saturated carbocycles. The van der Waals surface area contributed by atoms with Crippen molar-refractivity contribution in [3.63, 3.8) is 0 Å². The van der Waals surface area contributed by atoms with Gasteiger partial charge in [-0.05, 0) is 30.0 Å². The van der Waals surface area contributed by atoms with E-state index in [4.69, 9.17) is 9.47 Å². The molecule has 1 fully saturated rings. The van der Waals surface area contributed by atoms with E-state index in [2.05, 4.69) is 12.2 Å². The number of hydrogen-bond donors (Lipinski definition) is 1. The standard InChI is InChI=1S/C23H26N2O4/c1-4-12-25-19-13-16(28-2)10-11-17(19)23(22(25)27)14-18(21(26)29-3)24-20(23)15-8-6-5-7-9-15/h5-11,13,18,20,24H,4,12,14H2,1-3H3/t18-,20-,23-/m1/s1. The number of carbonyl (C=O) groups excluding carboxylic acids is 2. The van der Waals surface area contributed by atoms with Crippen molar-refractivity contribution >= 4 is 17.6 Å². The van der Waals surface area contributed by atoms with Gasteiger partial charge in [0.05, 0.1) is 31.4 Å². The molecular weight excluding hydrogens is 368 g/mol. The Morgan fingerprint density at radius 2 is 1.97 bits per heavy atom. The summed E-state index contributed by atoms with van der Waals surface area (Å²) in [5, 5.41) is 3.40. The van der Waals surface area contributed by atoms with Gasteiger partial charge in [0.15, 0.2) is 0 Å². The molecule has 0 aromatic heterocycles. The second-order valence-corrected chi connectivity index (χ2v) is 7.60. The molecule has 1 N–H and O–H groups in total. The third-order valence-corrected chi connectivity index (χ3v) is 6.06. The lowest BCUT2D eigenvalue weighted by molar-refractivity contribution is -0.142. The van der Waals surface area contributed by atoms with Crippen molar-refractivity contribution in [3.8, 4) is 5.75 Å². The lowest BCUT2D eigenvalue weighted by Crippen LogP contribution is -2.44. The van der Waals surface area contributed by atoms with Crippen molar-refractivity contribution in [2.75, 3.05) is 25.7 Å². The molecule has 2 aliphatic heterocycles. The summed E-state index contributed by atoms with van der Waals surface area (Å²) in [6, 6.07) is 14.8. The van der Waals surface area contributed by atoms with E-state index in [0.29, 0.717) is 18.7 Å². The minimum Gasteiger partial charge on any atom is -0.497 e. The molecule has 1 spiro atoms. The van der Waals surface area contributed by atoms with Gasteiger partial charge in [0.25, 0.3) is 0 Å². The SMILES string of the molecule is CCCN1C(=O)[C@]2(C[C@H](C(=O)OC)N[C@@H]2c2ccccc2)c2ccc(OC)cc21. The number of hydrogen-bond acceptors (Lipinski definition) is 5. The molecule has 2 aromatic carbocycles. The number of nitrogens with zero attached hydrogens (tertiary/aromatic N) is 1. The van der Waals surface area contributed by atoms with Crippen molar-refractivity contribution in [2.24, 2.45) is 0 Å². The van der Waals surface area contributed by atoms with Gasteiger partial charge in [-0.3, -0.25) is 14.9 Å². The van der Waals surface area contributed by atoms with Crippen LogP contribution in [0, 0.1) is 0 Å². The van der Waals surface area contributed by atoms with Crippen LogP contribution in [0.15, 0.2) is 48.5 Å². The van der Waals surface area contributed by atoms with Crippen molar-refractivity contribution in [1.82, 2.24) is 5.32 Å². The first-order chi connectivity index (χ1) is 14.1. The Morgan fingerprint density at radius 3 is 2.62 bits per heavy atom. The van der Waals surface area contributed by atoms with E-state index in [9.17, 15) is 9.59 Å². The molecule has 6 heteroatoms. The molecule has 1 amide bonds. The van der Waals surface area contributed by atoms with Crippen molar-refractivity contribution < 1.29 is 19.1 Å². The number of esters is 1. The molecule has 2 aliphatic rings. The minimum atomic E-state index is -0.864. The number of fused-ring (bicyclic) bond motifs is 2. The number of nitrogens with one attached hydrogen (secondary N) is 1. The molecule has 0 aliphatic carbocycles. The summed E-state index contributed by atoms with van der Waals surface area (Å²) >= 11 is 0. The van der Waals surface area contributed by atoms with Crippen LogP contribution in [0.4, 0.5) is 5.69 Å². The van der Waals surface area contributed by atoms with Gasteiger partial charge in [0.1, 0.15) is 11.8 Å². The molecule has 0 bridgehead atoms. The van der Waals surface area contributed by atoms with Crippen molar-refractivity contribution in [2.45, 2.75) is 37.3 Å². The average molecular weight is 394 g/mol. The zero-order valence-corrected chi connectivity index (χ0v) is 17.0. The predicted molar refractivity (Wildman–Crippen MR) is 110 cm³/mol. The smallest absolute Gasteiger partial charge is 0.322 e. The number of methoxy groups -OCH3 is 2. The van der Waals surface area contributed by atoms with Crippen LogP contribution < -0.4 is 15.0 Å². The van der Waals surface area contributed by atoms with Gasteiger partial charge in [-0.1, -0.05) is 43.3 Å². The Morgan fingerprint density at radius 1 is 1.21 bits per heavy atom. The van der Waals surface area contributed by atoms with Gasteiger partial charge in [-0.25, -0.2) is 0 Å². The summed E-state index contributed by atoms with van der Waals surface area (Å²) in [6.45, 7) is 2.67. The summed E-state index contributed by atoms with van der Waals surface area (Å²) in [5.41, 5.74) is 1.91. The highest BCUT2D eigenvalue weighted by Gasteiger charge is 2.61. The fourth-order valence-electron chi connectivity index (χ4n) is 4.79. The van der Waals surface area contributed by atoms with Crippen molar-refractivity contribution in [3.05, 3.63) is 59.7 Å². The van der Waals surface area contributed by atoms with E-state index in [1.165, 1.54) is 7.11 Å². The quantitative estimate of drug-likeness (QED) is 0.790. The first kappa shape index (κ1) is 19.5. The molecule has 0 radical (unpaired) electrons. The van der Waals surface area contributed by atoms with Gasteiger partial charge in [-0.2, -0.15) is 0 Å². The Hall–Kier alpha value is -2.86. The summed E-state index contributed by atoms with van der Waals surface area (Å²) in [5.74, 6) is 0.386. The Kier molecular flexibility index (Phi) is 5.04. The van der Waals surface area contributed by atoms with Gasteiger partial charge < -0.3 is 14.4 Å². The topological polar surface area (TPSA) is 67.9 Å². The van der Waals surface area contributed by atoms with Gasteiger partial charge >= 0.3 is 5.97 Å². The molecular formula is C23H26N2O4. The predicted octanol–water partition coefficient (Wildman–Crippen LogP) is 2.97. The molecule has 3 atom stereocenters. The van der Waals surface area contributed by atoms with Crippen LogP contribution in [0.1, 0.15) is 36.9 Å². The Bertz CT molecular complexity index is 930. The zero-order chi connectivity index (χ0) is 20.6. The molecule has 152 valence electrons. The molecule has 2 heterocycles. The molecule has 2 aromatic rings. The zero-order valence-electron chi connectivity index (χ0n) is 17.0. The summed E-state index contributed by atoms with van der Waals surface area (Å²) < 4.78 is 10.4. The monoisotopic (exact) mass is 394 g/mol. The van der Waals surface area contributed by atoms with E-state index in [1.807, 2.05) is 53.4 Å². The third-order valence-electron chi connectivity index (χ3n) is 6.06. The molecule has 4 rings (SSSR count). The highest BCUT2D eigenvalue weighted by Crippen LogP contribution is 2.55. The van der Waals surface area contributed by atoms with Gasteiger partial charge in [-0.15, -0.1) is 0 Å². The van der Waals surface area contributed by atoms with E-state index in [1.54, 1.807) is 7.11 Å². The second-order valence-electron chi connectivity index (χ2n) is 7.60. The molecule has 1 saturated heterocycles. The number of carbonyl (C=O) groups is 2. The maximum Gasteiger partial charge on any atom is 0.322 e. The molecule has 0 unspecified atom stereocenters. The maximum absolute atomic E-state index is 13.9. The first-order valence-corrected chi connectivity index (χ1v) is 9.96. The number of amides is 1. The van der Waals surface area contributed by atoms with Crippen LogP contribution in [0.3, 0.4) is 0 Å². The Labute approximate surface area is 170 Å². The van der Waals surface area contributed by atoms with E-state index in [0.717, 1.165) is 23.2 Å². The van der Waals surface area contributed by atoms with Crippen LogP contribution in [-0.4, -0.2) is 38.7 Å². The van der Waals surface area contributed by atoms with Gasteiger partial charge in [0.2, 0.25) is 5.91 Å². The fourth-order valence-corrected chi connectivity index (χ4v) is 4.79. The second kappa shape index (κ2) is 7.52. The first-order valence-electron chi connectivity index (χ1n) is 9.96. The van der Waals surface area contributed by atoms with Crippen LogP contribution in [0.2, 0.25) is 0 Å². The van der Waals surface area contributed by atoms with Crippen LogP contribution >= 0.6 is 0 Å². The number of rotatable bonds is 5. The summed E-state index contributed by atoms with van der Waals surface area (Å²) in [7, 11) is 3.00. The largest absolute Gasteiger partial charge is 0.497 e. The van der Waals surface area contributed by atoms with Crippen molar-refractivity contribution in [1.29, 1.82) is 0 Å². The number of anilines is 1. The van der Waals surface area contributed by atoms with Crippen LogP contribution in [-0.2, 0) is 19.7 Å². The van der Waals surface area contributed by atoms with Crippen LogP contribution in [0.25, 0.3) is 0 Å². The normalized spacial score (nSPS) is 25.3. The average Bonchev–Trinajstić information content (AvgIpc) is 3.27. The fraction of sp³-hybridized carbons (Fsp3) is 0.391. The van der Waals surface area contributed by atoms with Gasteiger partial charge in [0, 0.05) is 12.6 Å². The maximum atomic E-state index is 13.9. The third kappa shape index (κ3) is 2.90. The summed E-state index contributed by atoms with van der Waals surface area (Å²) in [4.78, 5) is 28.2. The number of benzene rings is 2. The molecule has 29 heavy (non-hydrogen) atoms. The van der Waals surface area contributed by atoms with Crippen LogP contribution in [0.5, 0.6) is 5.75 Å². The Balaban J connectivity index is 1.91. The lowest BCUT2D eigenvalue weighted by atomic mass is 9.72. The number of ether oxygens (including phenoxy) is 2. The summed E-state index contributed by atoms with van der Waals surface area (Å²) in [6.07, 6.45) is 1.19. The highest BCUT2D eigenvalue weighted by molar-refractivity contribution is 6.10.